The zero-order valence-electron chi connectivity index (χ0n) is 13.1. The number of rotatable bonds is 12. The second-order valence-corrected chi connectivity index (χ2v) is 5.36. The predicted molar refractivity (Wildman–Crippen MR) is 86.9 cm³/mol. The SMILES string of the molecule is CCCCCCCCOc1ccc(NCC(O)CO)cc1. The van der Waals surface area contributed by atoms with Gasteiger partial charge in [-0.1, -0.05) is 39.0 Å². The molecule has 4 heteroatoms. The molecular weight excluding hydrogens is 266 g/mol. The van der Waals surface area contributed by atoms with Crippen molar-refractivity contribution in [3.63, 3.8) is 0 Å². The molecule has 1 atom stereocenters. The Morgan fingerprint density at radius 3 is 2.38 bits per heavy atom. The second kappa shape index (κ2) is 11.4. The Balaban J connectivity index is 2.13. The molecule has 0 aliphatic rings. The molecule has 0 fully saturated rings. The quantitative estimate of drug-likeness (QED) is 0.518. The molecule has 1 rings (SSSR count). The molecule has 0 heterocycles. The minimum Gasteiger partial charge on any atom is -0.494 e. The largest absolute Gasteiger partial charge is 0.494 e. The van der Waals surface area contributed by atoms with Gasteiger partial charge in [0.25, 0.3) is 0 Å². The highest BCUT2D eigenvalue weighted by Gasteiger charge is 2.01. The highest BCUT2D eigenvalue weighted by Crippen LogP contribution is 2.16. The lowest BCUT2D eigenvalue weighted by molar-refractivity contribution is 0.105. The van der Waals surface area contributed by atoms with E-state index >= 15 is 0 Å². The highest BCUT2D eigenvalue weighted by molar-refractivity contribution is 5.46. The lowest BCUT2D eigenvalue weighted by Gasteiger charge is -2.11. The maximum absolute atomic E-state index is 9.26. The van der Waals surface area contributed by atoms with Gasteiger partial charge in [0.05, 0.1) is 19.3 Å². The van der Waals surface area contributed by atoms with Gasteiger partial charge in [-0.05, 0) is 30.7 Å². The first-order valence-corrected chi connectivity index (χ1v) is 8.02. The fourth-order valence-electron chi connectivity index (χ4n) is 2.04. The minimum atomic E-state index is -0.728. The molecule has 21 heavy (non-hydrogen) atoms. The first-order valence-electron chi connectivity index (χ1n) is 8.02. The lowest BCUT2D eigenvalue weighted by atomic mass is 10.1. The molecular formula is C17H29NO3. The zero-order valence-corrected chi connectivity index (χ0v) is 13.1. The fraction of sp³-hybridized carbons (Fsp3) is 0.647. The average molecular weight is 295 g/mol. The summed E-state index contributed by atoms with van der Waals surface area (Å²) < 4.78 is 5.70. The molecule has 0 bridgehead atoms. The second-order valence-electron chi connectivity index (χ2n) is 5.36. The highest BCUT2D eigenvalue weighted by atomic mass is 16.5. The number of unbranched alkanes of at least 4 members (excludes halogenated alkanes) is 5. The first-order chi connectivity index (χ1) is 10.3. The van der Waals surface area contributed by atoms with Gasteiger partial charge in [-0.25, -0.2) is 0 Å². The number of hydrogen-bond acceptors (Lipinski definition) is 4. The molecule has 4 nitrogen and oxygen atoms in total. The Morgan fingerprint density at radius 2 is 1.71 bits per heavy atom. The Bertz CT molecular complexity index is 354. The maximum Gasteiger partial charge on any atom is 0.119 e. The summed E-state index contributed by atoms with van der Waals surface area (Å²) in [5.74, 6) is 0.872. The van der Waals surface area contributed by atoms with E-state index in [1.807, 2.05) is 24.3 Å². The summed E-state index contributed by atoms with van der Waals surface area (Å²) >= 11 is 0. The Labute approximate surface area is 128 Å². The first kappa shape index (κ1) is 17.8. The minimum absolute atomic E-state index is 0.230. The summed E-state index contributed by atoms with van der Waals surface area (Å²) in [5.41, 5.74) is 0.911. The van der Waals surface area contributed by atoms with Crippen LogP contribution in [0.3, 0.4) is 0 Å². The molecule has 0 aromatic heterocycles. The third-order valence-electron chi connectivity index (χ3n) is 3.37. The average Bonchev–Trinajstić information content (AvgIpc) is 2.52. The predicted octanol–water partition coefficient (Wildman–Crippen LogP) is 3.19. The van der Waals surface area contributed by atoms with Gasteiger partial charge < -0.3 is 20.3 Å². The summed E-state index contributed by atoms with van der Waals surface area (Å²) in [5, 5.41) is 21.0. The van der Waals surface area contributed by atoms with Crippen LogP contribution in [0.4, 0.5) is 5.69 Å². The topological polar surface area (TPSA) is 61.7 Å². The molecule has 0 saturated carbocycles. The van der Waals surface area contributed by atoms with E-state index in [-0.39, 0.29) is 6.61 Å². The van der Waals surface area contributed by atoms with Gasteiger partial charge in [-0.2, -0.15) is 0 Å². The van der Waals surface area contributed by atoms with E-state index in [2.05, 4.69) is 12.2 Å². The van der Waals surface area contributed by atoms with Crippen LogP contribution < -0.4 is 10.1 Å². The van der Waals surface area contributed by atoms with E-state index in [1.54, 1.807) is 0 Å². The van der Waals surface area contributed by atoms with Crippen LogP contribution in [0.5, 0.6) is 5.75 Å². The van der Waals surface area contributed by atoms with Crippen LogP contribution >= 0.6 is 0 Å². The van der Waals surface area contributed by atoms with Crippen molar-refractivity contribution in [3.8, 4) is 5.75 Å². The molecule has 0 saturated heterocycles. The zero-order chi connectivity index (χ0) is 15.3. The van der Waals surface area contributed by atoms with E-state index in [0.717, 1.165) is 24.5 Å². The van der Waals surface area contributed by atoms with Crippen molar-refractivity contribution in [2.75, 3.05) is 25.1 Å². The Kier molecular flexibility index (Phi) is 9.66. The molecule has 0 aliphatic carbocycles. The van der Waals surface area contributed by atoms with Gasteiger partial charge in [-0.3, -0.25) is 0 Å². The summed E-state index contributed by atoms with van der Waals surface area (Å²) in [6.45, 7) is 3.11. The number of aliphatic hydroxyl groups is 2. The number of anilines is 1. The van der Waals surface area contributed by atoms with Crippen LogP contribution in [0.15, 0.2) is 24.3 Å². The van der Waals surface area contributed by atoms with Crippen molar-refractivity contribution in [1.29, 1.82) is 0 Å². The molecule has 3 N–H and O–H groups in total. The monoisotopic (exact) mass is 295 g/mol. The normalized spacial score (nSPS) is 12.1. The molecule has 0 aliphatic heterocycles. The number of aliphatic hydroxyl groups excluding tert-OH is 2. The van der Waals surface area contributed by atoms with E-state index in [1.165, 1.54) is 32.1 Å². The molecule has 120 valence electrons. The Hall–Kier alpha value is -1.26. The lowest BCUT2D eigenvalue weighted by Crippen LogP contribution is -2.22. The van der Waals surface area contributed by atoms with Gasteiger partial charge in [0.1, 0.15) is 5.75 Å². The van der Waals surface area contributed by atoms with Crippen LogP contribution in [-0.4, -0.2) is 36.1 Å². The van der Waals surface area contributed by atoms with Gasteiger partial charge in [0.2, 0.25) is 0 Å². The summed E-state index contributed by atoms with van der Waals surface area (Å²) in [7, 11) is 0. The van der Waals surface area contributed by atoms with E-state index in [9.17, 15) is 5.11 Å². The van der Waals surface area contributed by atoms with Crippen LogP contribution in [0, 0.1) is 0 Å². The molecule has 1 aromatic carbocycles. The van der Waals surface area contributed by atoms with Crippen molar-refractivity contribution in [2.45, 2.75) is 51.6 Å². The van der Waals surface area contributed by atoms with Crippen molar-refractivity contribution in [2.24, 2.45) is 0 Å². The Morgan fingerprint density at radius 1 is 1.05 bits per heavy atom. The van der Waals surface area contributed by atoms with Crippen molar-refractivity contribution >= 4 is 5.69 Å². The van der Waals surface area contributed by atoms with Crippen molar-refractivity contribution < 1.29 is 14.9 Å². The van der Waals surface area contributed by atoms with E-state index in [4.69, 9.17) is 9.84 Å². The smallest absolute Gasteiger partial charge is 0.119 e. The van der Waals surface area contributed by atoms with Crippen LogP contribution in [0.2, 0.25) is 0 Å². The third-order valence-corrected chi connectivity index (χ3v) is 3.37. The number of hydrogen-bond donors (Lipinski definition) is 3. The fourth-order valence-corrected chi connectivity index (χ4v) is 2.04. The molecule has 0 radical (unpaired) electrons. The van der Waals surface area contributed by atoms with Crippen LogP contribution in [0.1, 0.15) is 45.4 Å². The third kappa shape index (κ3) is 8.58. The molecule has 1 aromatic rings. The standard InChI is InChI=1S/C17H29NO3/c1-2-3-4-5-6-7-12-21-17-10-8-15(9-11-17)18-13-16(20)14-19/h8-11,16,18-20H,2-7,12-14H2,1H3. The number of benzene rings is 1. The van der Waals surface area contributed by atoms with E-state index in [0.29, 0.717) is 6.54 Å². The molecule has 1 unspecified atom stereocenters. The number of nitrogens with one attached hydrogen (secondary N) is 1. The summed E-state index contributed by atoms with van der Waals surface area (Å²) in [6.07, 6.45) is 6.86. The van der Waals surface area contributed by atoms with Gasteiger partial charge in [0.15, 0.2) is 0 Å². The molecule has 0 spiro atoms. The summed E-state index contributed by atoms with van der Waals surface area (Å²) in [6, 6.07) is 7.68. The maximum atomic E-state index is 9.26. The van der Waals surface area contributed by atoms with Gasteiger partial charge in [0, 0.05) is 12.2 Å². The van der Waals surface area contributed by atoms with Crippen molar-refractivity contribution in [3.05, 3.63) is 24.3 Å². The van der Waals surface area contributed by atoms with Gasteiger partial charge >= 0.3 is 0 Å². The van der Waals surface area contributed by atoms with Crippen LogP contribution in [-0.2, 0) is 0 Å². The van der Waals surface area contributed by atoms with E-state index < -0.39 is 6.10 Å². The molecule has 0 amide bonds. The van der Waals surface area contributed by atoms with Gasteiger partial charge in [-0.15, -0.1) is 0 Å². The van der Waals surface area contributed by atoms with Crippen molar-refractivity contribution in [1.82, 2.24) is 0 Å². The summed E-state index contributed by atoms with van der Waals surface area (Å²) in [4.78, 5) is 0. The number of ether oxygens (including phenoxy) is 1. The van der Waals surface area contributed by atoms with Crippen LogP contribution in [0.25, 0.3) is 0 Å².